The molecule has 0 saturated carbocycles. The minimum Gasteiger partial charge on any atom is -0.298 e. The first kappa shape index (κ1) is 29.6. The number of carbonyl (C=O) groups excluding carboxylic acids is 2. The van der Waals surface area contributed by atoms with Gasteiger partial charge in [-0.15, -0.1) is 0 Å². The van der Waals surface area contributed by atoms with Gasteiger partial charge in [0.25, 0.3) is 0 Å². The molecule has 3 rings (SSSR count). The molecule has 0 atom stereocenters. The van der Waals surface area contributed by atoms with Crippen molar-refractivity contribution in [1.82, 2.24) is 0 Å². The molecule has 0 saturated heterocycles. The van der Waals surface area contributed by atoms with E-state index < -0.39 is 0 Å². The monoisotopic (exact) mass is 510 g/mol. The fourth-order valence-electron chi connectivity index (χ4n) is 5.31. The Balaban J connectivity index is 1.95. The third-order valence-corrected chi connectivity index (χ3v) is 7.64. The number of unbranched alkanes of at least 4 members (excludes halogenated alkanes) is 10. The van der Waals surface area contributed by atoms with E-state index in [0.717, 1.165) is 25.4 Å². The van der Waals surface area contributed by atoms with Crippen LogP contribution in [0.3, 0.4) is 0 Å². The molecule has 2 nitrogen and oxygen atoms in total. The van der Waals surface area contributed by atoms with E-state index in [1.807, 2.05) is 24.3 Å². The maximum atomic E-state index is 11.3. The molecule has 0 amide bonds. The zero-order valence-electron chi connectivity index (χ0n) is 23.6. The number of carbonyl (C=O) groups is 2. The van der Waals surface area contributed by atoms with Gasteiger partial charge < -0.3 is 0 Å². The molecule has 0 bridgehead atoms. The Morgan fingerprint density at radius 1 is 0.474 bits per heavy atom. The van der Waals surface area contributed by atoms with Crippen LogP contribution in [0.5, 0.6) is 0 Å². The van der Waals surface area contributed by atoms with E-state index in [0.29, 0.717) is 11.1 Å². The summed E-state index contributed by atoms with van der Waals surface area (Å²) in [4.78, 5) is 22.5. The summed E-state index contributed by atoms with van der Waals surface area (Å²) in [5, 5.41) is 0. The lowest BCUT2D eigenvalue weighted by molar-refractivity contribution is 0.111. The predicted molar refractivity (Wildman–Crippen MR) is 162 cm³/mol. The number of aryl methyl sites for hydroxylation is 2. The van der Waals surface area contributed by atoms with Crippen molar-refractivity contribution < 1.29 is 9.59 Å². The van der Waals surface area contributed by atoms with Gasteiger partial charge in [-0.3, -0.25) is 9.59 Å². The molecule has 202 valence electrons. The van der Waals surface area contributed by atoms with Crippen molar-refractivity contribution in [2.75, 3.05) is 0 Å². The minimum atomic E-state index is 0.713. The zero-order chi connectivity index (χ0) is 27.0. The van der Waals surface area contributed by atoms with Crippen LogP contribution >= 0.6 is 0 Å². The van der Waals surface area contributed by atoms with Crippen LogP contribution in [0.15, 0.2) is 60.7 Å². The van der Waals surface area contributed by atoms with Gasteiger partial charge in [-0.1, -0.05) is 139 Å². The van der Waals surface area contributed by atoms with Crippen LogP contribution in [0.25, 0.3) is 22.3 Å². The summed E-state index contributed by atoms with van der Waals surface area (Å²) >= 11 is 0. The largest absolute Gasteiger partial charge is 0.298 e. The van der Waals surface area contributed by atoms with Crippen LogP contribution in [-0.2, 0) is 12.8 Å². The lowest BCUT2D eigenvalue weighted by Gasteiger charge is -2.18. The molecule has 0 aliphatic rings. The van der Waals surface area contributed by atoms with Crippen LogP contribution in [0.1, 0.15) is 123 Å². The number of hydrogen-bond acceptors (Lipinski definition) is 2. The van der Waals surface area contributed by atoms with Gasteiger partial charge in [0.05, 0.1) is 0 Å². The number of rotatable bonds is 18. The molecule has 0 spiro atoms. The van der Waals surface area contributed by atoms with Gasteiger partial charge >= 0.3 is 0 Å². The summed E-state index contributed by atoms with van der Waals surface area (Å²) in [7, 11) is 0. The highest BCUT2D eigenvalue weighted by atomic mass is 16.1. The zero-order valence-corrected chi connectivity index (χ0v) is 23.6. The standard InChI is InChI=1S/C36H46O2/c1-3-5-7-9-11-13-15-33-25-36(32-23-19-30(28-38)20-24-32)34(16-14-12-10-8-6-4-2)26-35(33)31-21-17-29(27-37)18-22-31/h17-28H,3-16H2,1-2H3. The second kappa shape index (κ2) is 16.8. The first-order valence-electron chi connectivity index (χ1n) is 15.0. The normalized spacial score (nSPS) is 11.0. The quantitative estimate of drug-likeness (QED) is 0.126. The Kier molecular flexibility index (Phi) is 13.0. The fourth-order valence-corrected chi connectivity index (χ4v) is 5.31. The molecular formula is C36H46O2. The summed E-state index contributed by atoms with van der Waals surface area (Å²) in [6.07, 6.45) is 19.2. The van der Waals surface area contributed by atoms with Crippen LogP contribution in [0.2, 0.25) is 0 Å². The Labute approximate surface area is 230 Å². The molecule has 0 heterocycles. The van der Waals surface area contributed by atoms with E-state index >= 15 is 0 Å². The second-order valence-corrected chi connectivity index (χ2v) is 10.7. The number of benzene rings is 3. The van der Waals surface area contributed by atoms with Crippen LogP contribution in [-0.4, -0.2) is 12.6 Å². The SMILES string of the molecule is CCCCCCCCc1cc(-c2ccc(C=O)cc2)c(CCCCCCCC)cc1-c1ccc(C=O)cc1. The van der Waals surface area contributed by atoms with Crippen LogP contribution in [0, 0.1) is 0 Å². The molecule has 38 heavy (non-hydrogen) atoms. The molecule has 0 radical (unpaired) electrons. The molecular weight excluding hydrogens is 464 g/mol. The molecule has 3 aromatic rings. The molecule has 0 aliphatic heterocycles. The van der Waals surface area contributed by atoms with E-state index in [-0.39, 0.29) is 0 Å². The molecule has 0 N–H and O–H groups in total. The van der Waals surface area contributed by atoms with Crippen molar-refractivity contribution >= 4 is 12.6 Å². The van der Waals surface area contributed by atoms with Gasteiger partial charge in [0.15, 0.2) is 0 Å². The van der Waals surface area contributed by atoms with E-state index in [1.54, 1.807) is 0 Å². The topological polar surface area (TPSA) is 34.1 Å². The lowest BCUT2D eigenvalue weighted by Crippen LogP contribution is -1.99. The lowest BCUT2D eigenvalue weighted by atomic mass is 9.86. The summed E-state index contributed by atoms with van der Waals surface area (Å²) < 4.78 is 0. The van der Waals surface area contributed by atoms with Crippen LogP contribution in [0.4, 0.5) is 0 Å². The van der Waals surface area contributed by atoms with E-state index in [9.17, 15) is 9.59 Å². The predicted octanol–water partition coefficient (Wildman–Crippen LogP) is 10.5. The minimum absolute atomic E-state index is 0.713. The second-order valence-electron chi connectivity index (χ2n) is 10.7. The Morgan fingerprint density at radius 3 is 1.16 bits per heavy atom. The van der Waals surface area contributed by atoms with Crippen molar-refractivity contribution in [2.24, 2.45) is 0 Å². The van der Waals surface area contributed by atoms with Gasteiger partial charge in [-0.05, 0) is 59.1 Å². The van der Waals surface area contributed by atoms with Crippen molar-refractivity contribution in [3.63, 3.8) is 0 Å². The Hall–Kier alpha value is -3.00. The van der Waals surface area contributed by atoms with Crippen LogP contribution < -0.4 is 0 Å². The highest BCUT2D eigenvalue weighted by molar-refractivity contribution is 5.81. The fraction of sp³-hybridized carbons (Fsp3) is 0.444. The van der Waals surface area contributed by atoms with Crippen molar-refractivity contribution in [2.45, 2.75) is 104 Å². The van der Waals surface area contributed by atoms with Crippen molar-refractivity contribution in [1.29, 1.82) is 0 Å². The van der Waals surface area contributed by atoms with Crippen molar-refractivity contribution in [3.05, 3.63) is 82.9 Å². The first-order valence-corrected chi connectivity index (χ1v) is 15.0. The van der Waals surface area contributed by atoms with Gasteiger partial charge in [-0.25, -0.2) is 0 Å². The van der Waals surface area contributed by atoms with Gasteiger partial charge in [0.1, 0.15) is 12.6 Å². The number of aldehydes is 2. The molecule has 0 fully saturated rings. The third-order valence-electron chi connectivity index (χ3n) is 7.64. The number of hydrogen-bond donors (Lipinski definition) is 0. The van der Waals surface area contributed by atoms with E-state index in [4.69, 9.17) is 0 Å². The highest BCUT2D eigenvalue weighted by Crippen LogP contribution is 2.35. The van der Waals surface area contributed by atoms with E-state index in [1.165, 1.54) is 110 Å². The smallest absolute Gasteiger partial charge is 0.150 e. The molecule has 3 aromatic carbocycles. The maximum Gasteiger partial charge on any atom is 0.150 e. The van der Waals surface area contributed by atoms with Crippen molar-refractivity contribution in [3.8, 4) is 22.3 Å². The average Bonchev–Trinajstić information content (AvgIpc) is 2.97. The molecule has 2 heteroatoms. The Morgan fingerprint density at radius 2 is 0.816 bits per heavy atom. The van der Waals surface area contributed by atoms with Gasteiger partial charge in [0, 0.05) is 11.1 Å². The summed E-state index contributed by atoms with van der Waals surface area (Å²) in [6, 6.07) is 20.9. The van der Waals surface area contributed by atoms with Gasteiger partial charge in [-0.2, -0.15) is 0 Å². The molecule has 0 aromatic heterocycles. The summed E-state index contributed by atoms with van der Waals surface area (Å²) in [5.41, 5.74) is 9.14. The maximum absolute atomic E-state index is 11.3. The Bertz CT molecular complexity index is 1020. The van der Waals surface area contributed by atoms with E-state index in [2.05, 4.69) is 50.2 Å². The first-order chi connectivity index (χ1) is 18.7. The van der Waals surface area contributed by atoms with Gasteiger partial charge in [0.2, 0.25) is 0 Å². The summed E-state index contributed by atoms with van der Waals surface area (Å²) in [6.45, 7) is 4.52. The molecule has 0 aliphatic carbocycles. The summed E-state index contributed by atoms with van der Waals surface area (Å²) in [5.74, 6) is 0. The molecule has 0 unspecified atom stereocenters. The average molecular weight is 511 g/mol. The highest BCUT2D eigenvalue weighted by Gasteiger charge is 2.14. The third kappa shape index (κ3) is 9.08.